The molecular formula is C13H16O4. The molecule has 0 aliphatic carbocycles. The summed E-state index contributed by atoms with van der Waals surface area (Å²) in [5.74, 6) is 0.920. The van der Waals surface area contributed by atoms with Gasteiger partial charge in [-0.1, -0.05) is 6.07 Å². The fraction of sp³-hybridized carbons (Fsp3) is 0.462. The molecule has 0 bridgehead atoms. The summed E-state index contributed by atoms with van der Waals surface area (Å²) in [6.07, 6.45) is 1.58. The molecular weight excluding hydrogens is 220 g/mol. The second kappa shape index (κ2) is 5.19. The van der Waals surface area contributed by atoms with E-state index in [1.54, 1.807) is 12.1 Å². The molecule has 0 saturated heterocycles. The van der Waals surface area contributed by atoms with Gasteiger partial charge in [-0.25, -0.2) is 0 Å². The first-order chi connectivity index (χ1) is 8.19. The molecule has 1 aromatic carbocycles. The Hall–Kier alpha value is -1.55. The lowest BCUT2D eigenvalue weighted by Gasteiger charge is -2.25. The van der Waals surface area contributed by atoms with Crippen molar-refractivity contribution in [3.05, 3.63) is 23.8 Å². The van der Waals surface area contributed by atoms with E-state index in [0.29, 0.717) is 12.4 Å². The molecule has 17 heavy (non-hydrogen) atoms. The summed E-state index contributed by atoms with van der Waals surface area (Å²) in [7, 11) is 0. The average Bonchev–Trinajstić information content (AvgIpc) is 2.28. The van der Waals surface area contributed by atoms with Crippen LogP contribution in [0.15, 0.2) is 18.2 Å². The maximum absolute atomic E-state index is 10.9. The summed E-state index contributed by atoms with van der Waals surface area (Å²) in [5.41, 5.74) is 1.12. The average molecular weight is 236 g/mol. The zero-order chi connectivity index (χ0) is 12.3. The van der Waals surface area contributed by atoms with Crippen LogP contribution < -0.4 is 9.47 Å². The highest BCUT2D eigenvalue weighted by atomic mass is 16.7. The predicted octanol–water partition coefficient (Wildman–Crippen LogP) is 2.30. The Balaban J connectivity index is 2.14. The van der Waals surface area contributed by atoms with E-state index in [0.717, 1.165) is 24.2 Å². The van der Waals surface area contributed by atoms with Gasteiger partial charge in [0, 0.05) is 26.0 Å². The minimum Gasteiger partial charge on any atom is -0.465 e. The number of fused-ring (bicyclic) bond motifs is 1. The van der Waals surface area contributed by atoms with Crippen molar-refractivity contribution in [2.75, 3.05) is 6.61 Å². The number of carbonyl (C=O) groups excluding carboxylic acids is 1. The Morgan fingerprint density at radius 2 is 2.35 bits per heavy atom. The van der Waals surface area contributed by atoms with Crippen LogP contribution in [0.1, 0.15) is 25.8 Å². The summed E-state index contributed by atoms with van der Waals surface area (Å²) < 4.78 is 16.1. The van der Waals surface area contributed by atoms with Crippen molar-refractivity contribution in [2.24, 2.45) is 0 Å². The van der Waals surface area contributed by atoms with E-state index in [-0.39, 0.29) is 12.3 Å². The zero-order valence-electron chi connectivity index (χ0n) is 10.1. The molecule has 4 nitrogen and oxygen atoms in total. The zero-order valence-corrected chi connectivity index (χ0v) is 10.1. The van der Waals surface area contributed by atoms with Crippen LogP contribution in [0.25, 0.3) is 0 Å². The van der Waals surface area contributed by atoms with Gasteiger partial charge < -0.3 is 14.2 Å². The molecule has 0 fully saturated rings. The van der Waals surface area contributed by atoms with Crippen LogP contribution in [0, 0.1) is 0 Å². The lowest BCUT2D eigenvalue weighted by molar-refractivity contribution is -0.131. The number of benzene rings is 1. The van der Waals surface area contributed by atoms with Gasteiger partial charge in [-0.2, -0.15) is 0 Å². The van der Waals surface area contributed by atoms with Gasteiger partial charge in [0.05, 0.1) is 0 Å². The first-order valence-electron chi connectivity index (χ1n) is 5.78. The quantitative estimate of drug-likeness (QED) is 0.596. The van der Waals surface area contributed by atoms with E-state index in [1.165, 1.54) is 6.92 Å². The van der Waals surface area contributed by atoms with Crippen LogP contribution >= 0.6 is 0 Å². The van der Waals surface area contributed by atoms with Crippen molar-refractivity contribution in [3.63, 3.8) is 0 Å². The minimum atomic E-state index is -0.331. The Bertz CT molecular complexity index is 414. The number of ether oxygens (including phenoxy) is 3. The lowest BCUT2D eigenvalue weighted by Crippen LogP contribution is -2.25. The van der Waals surface area contributed by atoms with Crippen molar-refractivity contribution in [1.29, 1.82) is 0 Å². The normalized spacial score (nSPS) is 18.1. The van der Waals surface area contributed by atoms with Gasteiger partial charge in [-0.05, 0) is 25.0 Å². The molecule has 1 heterocycles. The van der Waals surface area contributed by atoms with Crippen LogP contribution in [0.4, 0.5) is 0 Å². The van der Waals surface area contributed by atoms with Gasteiger partial charge in [-0.3, -0.25) is 4.79 Å². The smallest absolute Gasteiger partial charge is 0.308 e. The topological polar surface area (TPSA) is 44.8 Å². The standard InChI is InChI=1S/C13H16O4/c1-3-15-13-7-5-10-4-6-11(16-9(2)14)8-12(10)17-13/h4,6,8,13H,3,5,7H2,1-2H3. The molecule has 1 aliphatic rings. The van der Waals surface area contributed by atoms with E-state index in [4.69, 9.17) is 14.2 Å². The number of carbonyl (C=O) groups is 1. The molecule has 0 saturated carbocycles. The largest absolute Gasteiger partial charge is 0.465 e. The fourth-order valence-corrected chi connectivity index (χ4v) is 1.86. The molecule has 1 unspecified atom stereocenters. The predicted molar refractivity (Wildman–Crippen MR) is 62.1 cm³/mol. The molecule has 2 rings (SSSR count). The number of rotatable bonds is 3. The summed E-state index contributed by atoms with van der Waals surface area (Å²) in [4.78, 5) is 10.9. The van der Waals surface area contributed by atoms with E-state index in [1.807, 2.05) is 13.0 Å². The van der Waals surface area contributed by atoms with E-state index in [9.17, 15) is 4.79 Å². The van der Waals surface area contributed by atoms with Crippen LogP contribution in [-0.2, 0) is 16.0 Å². The van der Waals surface area contributed by atoms with Crippen molar-refractivity contribution in [2.45, 2.75) is 33.0 Å². The SMILES string of the molecule is CCOC1CCc2ccc(OC(C)=O)cc2O1. The van der Waals surface area contributed by atoms with E-state index >= 15 is 0 Å². The van der Waals surface area contributed by atoms with Crippen LogP contribution in [-0.4, -0.2) is 18.9 Å². The lowest BCUT2D eigenvalue weighted by atomic mass is 10.1. The molecule has 1 aliphatic heterocycles. The number of hydrogen-bond acceptors (Lipinski definition) is 4. The third-order valence-corrected chi connectivity index (χ3v) is 2.56. The second-order valence-corrected chi connectivity index (χ2v) is 3.90. The molecule has 0 amide bonds. The number of esters is 1. The maximum Gasteiger partial charge on any atom is 0.308 e. The van der Waals surface area contributed by atoms with Crippen molar-refractivity contribution < 1.29 is 19.0 Å². The summed E-state index contributed by atoms with van der Waals surface area (Å²) in [6, 6.07) is 5.45. The van der Waals surface area contributed by atoms with Crippen LogP contribution in [0.3, 0.4) is 0 Å². The van der Waals surface area contributed by atoms with Gasteiger partial charge in [0.2, 0.25) is 0 Å². The third-order valence-electron chi connectivity index (χ3n) is 2.56. The Morgan fingerprint density at radius 3 is 3.06 bits per heavy atom. The number of aryl methyl sites for hydroxylation is 1. The molecule has 0 aromatic heterocycles. The third kappa shape index (κ3) is 2.97. The van der Waals surface area contributed by atoms with Crippen molar-refractivity contribution in [3.8, 4) is 11.5 Å². The van der Waals surface area contributed by atoms with E-state index in [2.05, 4.69) is 0 Å². The first kappa shape index (κ1) is 11.9. The highest BCUT2D eigenvalue weighted by Gasteiger charge is 2.20. The monoisotopic (exact) mass is 236 g/mol. The van der Waals surface area contributed by atoms with Gasteiger partial charge in [0.25, 0.3) is 0 Å². The summed E-state index contributed by atoms with van der Waals surface area (Å²) in [5, 5.41) is 0. The van der Waals surface area contributed by atoms with Gasteiger partial charge >= 0.3 is 5.97 Å². The van der Waals surface area contributed by atoms with Crippen molar-refractivity contribution >= 4 is 5.97 Å². The summed E-state index contributed by atoms with van der Waals surface area (Å²) >= 11 is 0. The minimum absolute atomic E-state index is 0.194. The summed E-state index contributed by atoms with van der Waals surface area (Å²) in [6.45, 7) is 3.95. The van der Waals surface area contributed by atoms with Crippen LogP contribution in [0.5, 0.6) is 11.5 Å². The highest BCUT2D eigenvalue weighted by Crippen LogP contribution is 2.31. The first-order valence-corrected chi connectivity index (χ1v) is 5.78. The van der Waals surface area contributed by atoms with Gasteiger partial charge in [0.1, 0.15) is 11.5 Å². The maximum atomic E-state index is 10.9. The highest BCUT2D eigenvalue weighted by molar-refractivity contribution is 5.69. The molecule has 0 spiro atoms. The van der Waals surface area contributed by atoms with Crippen molar-refractivity contribution in [1.82, 2.24) is 0 Å². The Labute approximate surface area is 100 Å². The Morgan fingerprint density at radius 1 is 1.53 bits per heavy atom. The molecule has 0 radical (unpaired) electrons. The van der Waals surface area contributed by atoms with Crippen LogP contribution in [0.2, 0.25) is 0 Å². The molecule has 92 valence electrons. The number of hydrogen-bond donors (Lipinski definition) is 0. The van der Waals surface area contributed by atoms with Gasteiger partial charge in [0.15, 0.2) is 6.29 Å². The molecule has 0 N–H and O–H groups in total. The Kier molecular flexibility index (Phi) is 3.64. The molecule has 1 atom stereocenters. The second-order valence-electron chi connectivity index (χ2n) is 3.90. The van der Waals surface area contributed by atoms with E-state index < -0.39 is 0 Å². The molecule has 1 aromatic rings. The molecule has 4 heteroatoms. The fourth-order valence-electron chi connectivity index (χ4n) is 1.86. The van der Waals surface area contributed by atoms with Gasteiger partial charge in [-0.15, -0.1) is 0 Å².